The number of nitrogens with one attached hydrogen (secondary N) is 1. The van der Waals surface area contributed by atoms with Crippen molar-refractivity contribution in [1.82, 2.24) is 5.32 Å². The van der Waals surface area contributed by atoms with E-state index in [4.69, 9.17) is 35.3 Å². The Labute approximate surface area is 368 Å². The molecule has 1 unspecified atom stereocenters. The summed E-state index contributed by atoms with van der Waals surface area (Å²) in [5.41, 5.74) is -7.21. The van der Waals surface area contributed by atoms with Crippen LogP contribution in [0.25, 0.3) is 0 Å². The van der Waals surface area contributed by atoms with Crippen LogP contribution in [0.3, 0.4) is 0 Å². The number of carbonyl (C=O) groups is 6. The van der Waals surface area contributed by atoms with Crippen molar-refractivity contribution in [3.05, 3.63) is 118 Å². The van der Waals surface area contributed by atoms with Gasteiger partial charge in [0, 0.05) is 42.7 Å². The Morgan fingerprint density at radius 2 is 1.46 bits per heavy atom. The van der Waals surface area contributed by atoms with Gasteiger partial charge in [0.1, 0.15) is 23.9 Å². The number of Topliss-reactive ketones (excluding diaryl/α,β-unsaturated/α-hetero) is 1. The average molecular weight is 888 g/mol. The van der Waals surface area contributed by atoms with Gasteiger partial charge in [0.25, 0.3) is 5.91 Å². The third kappa shape index (κ3) is 7.73. The molecule has 3 aromatic carbocycles. The number of hydrogen-bond donors (Lipinski definition) is 4. The molecule has 4 N–H and O–H groups in total. The number of esters is 4. The Morgan fingerprint density at radius 3 is 2.02 bits per heavy atom. The largest absolute Gasteiger partial charge is 0.456 e. The molecule has 4 aliphatic rings. The van der Waals surface area contributed by atoms with Crippen molar-refractivity contribution in [2.75, 3.05) is 6.61 Å². The Balaban J connectivity index is 1.39. The number of hydrogen-bond acceptors (Lipinski definition) is 14. The van der Waals surface area contributed by atoms with Crippen LogP contribution in [-0.4, -0.2) is 105 Å². The van der Waals surface area contributed by atoms with E-state index >= 15 is 4.79 Å². The number of rotatable bonds is 10. The van der Waals surface area contributed by atoms with Crippen molar-refractivity contribution in [3.63, 3.8) is 0 Å². The molecule has 16 heteroatoms. The van der Waals surface area contributed by atoms with Crippen LogP contribution >= 0.6 is 11.6 Å². The first-order valence-electron chi connectivity index (χ1n) is 20.6. The Kier molecular flexibility index (Phi) is 12.2. The molecule has 11 atom stereocenters. The summed E-state index contributed by atoms with van der Waals surface area (Å²) in [6.07, 6.45) is -10.7. The number of halogens is 1. The molecule has 1 amide bonds. The average Bonchev–Trinajstić information content (AvgIpc) is 3.24. The van der Waals surface area contributed by atoms with Gasteiger partial charge in [-0.2, -0.15) is 0 Å². The zero-order valence-corrected chi connectivity index (χ0v) is 36.3. The predicted octanol–water partition coefficient (Wildman–Crippen LogP) is 4.39. The second-order valence-corrected chi connectivity index (χ2v) is 17.9. The highest BCUT2D eigenvalue weighted by Crippen LogP contribution is 2.64. The van der Waals surface area contributed by atoms with E-state index in [0.717, 1.165) is 13.8 Å². The first-order chi connectivity index (χ1) is 29.7. The Bertz CT molecular complexity index is 2340. The van der Waals surface area contributed by atoms with E-state index in [2.05, 4.69) is 5.32 Å². The summed E-state index contributed by atoms with van der Waals surface area (Å²) < 4.78 is 30.3. The highest BCUT2D eigenvalue weighted by Gasteiger charge is 2.78. The number of benzene rings is 3. The molecule has 2 bridgehead atoms. The van der Waals surface area contributed by atoms with Crippen molar-refractivity contribution < 1.29 is 67.8 Å². The molecule has 1 heterocycles. The van der Waals surface area contributed by atoms with Crippen molar-refractivity contribution in [2.45, 2.75) is 108 Å². The van der Waals surface area contributed by atoms with Crippen molar-refractivity contribution in [3.8, 4) is 0 Å². The highest BCUT2D eigenvalue weighted by molar-refractivity contribution is 6.30. The third-order valence-electron chi connectivity index (χ3n) is 13.6. The molecule has 3 fully saturated rings. The highest BCUT2D eigenvalue weighted by atomic mass is 35.5. The summed E-state index contributed by atoms with van der Waals surface area (Å²) >= 11 is 6.16. The molecule has 7 rings (SSSR count). The van der Waals surface area contributed by atoms with E-state index < -0.39 is 113 Å². The molecule has 3 aliphatic carbocycles. The second-order valence-electron chi connectivity index (χ2n) is 17.5. The van der Waals surface area contributed by atoms with Crippen LogP contribution in [0.1, 0.15) is 86.7 Å². The second kappa shape index (κ2) is 16.9. The molecule has 1 saturated heterocycles. The van der Waals surface area contributed by atoms with Crippen molar-refractivity contribution >= 4 is 47.2 Å². The van der Waals surface area contributed by atoms with Gasteiger partial charge in [-0.05, 0) is 67.0 Å². The van der Waals surface area contributed by atoms with Crippen molar-refractivity contribution in [1.29, 1.82) is 0 Å². The number of ketones is 1. The van der Waals surface area contributed by atoms with Crippen molar-refractivity contribution in [2.24, 2.45) is 16.7 Å². The summed E-state index contributed by atoms with van der Waals surface area (Å²) in [5.74, 6) is -6.95. The van der Waals surface area contributed by atoms with Gasteiger partial charge >= 0.3 is 23.9 Å². The van der Waals surface area contributed by atoms with Crippen LogP contribution in [0.4, 0.5) is 0 Å². The monoisotopic (exact) mass is 887 g/mol. The fourth-order valence-corrected chi connectivity index (χ4v) is 10.3. The smallest absolute Gasteiger partial charge is 0.338 e. The number of ether oxygens (including phenoxy) is 5. The van der Waals surface area contributed by atoms with Crippen LogP contribution in [0.5, 0.6) is 0 Å². The van der Waals surface area contributed by atoms with Gasteiger partial charge in [-0.25, -0.2) is 9.59 Å². The SMILES string of the molecule is CC(=O)O[C@H]1C(=O)[C@@]2(C)C([C@H](OC(=O)c3ccccc3)[C@]3(O)C[C@H](OC(=O)[C@H](O)[C@@H](NC(=O)c4ccccc4)c4ccc(Cl)cc4)C(C)=C1C3(C)C)[C@]1(OC(C)=O)CO[C@@H]1C[C@@H]2O. The Morgan fingerprint density at radius 1 is 0.857 bits per heavy atom. The van der Waals surface area contributed by atoms with Crippen LogP contribution in [-0.2, 0) is 42.9 Å². The molecule has 3 aromatic rings. The lowest BCUT2D eigenvalue weighted by atomic mass is 9.44. The lowest BCUT2D eigenvalue weighted by molar-refractivity contribution is -0.346. The number of aliphatic hydroxyl groups is 3. The molecule has 0 radical (unpaired) electrons. The van der Waals surface area contributed by atoms with Gasteiger partial charge in [-0.1, -0.05) is 74.0 Å². The molecule has 0 spiro atoms. The van der Waals surface area contributed by atoms with Gasteiger partial charge in [-0.15, -0.1) is 0 Å². The standard InChI is InChI=1S/C47H50ClNO14/c1-24-31(61-43(57)36(53)35(27-17-19-30(48)20-18-27)49-41(55)28-13-9-7-10-14-28)22-47(58)40(62-42(56)29-15-11-8-12-16-29)38-45(6,32(52)21-33-46(38,23-59-33)63-26(3)51)39(54)37(60-25(2)50)34(24)44(47,4)5/h7-20,31-33,35-38,40,52-53,58H,21-23H2,1-6H3,(H,49,55)/t31-,32-,33+,35-,36+,37+,38?,40-,45+,46-,47+/m0/s1. The predicted molar refractivity (Wildman–Crippen MR) is 223 cm³/mol. The Hall–Kier alpha value is -5.45. The fourth-order valence-electron chi connectivity index (χ4n) is 10.2. The minimum absolute atomic E-state index is 0.0171. The van der Waals surface area contributed by atoms with E-state index in [1.165, 1.54) is 50.2 Å². The lowest BCUT2D eigenvalue weighted by Crippen LogP contribution is -2.82. The van der Waals surface area contributed by atoms with Gasteiger partial charge in [0.05, 0.1) is 35.6 Å². The molecule has 15 nitrogen and oxygen atoms in total. The van der Waals surface area contributed by atoms with Crippen LogP contribution < -0.4 is 5.32 Å². The van der Waals surface area contributed by atoms with Gasteiger partial charge in [0.2, 0.25) is 0 Å². The molecular weight excluding hydrogens is 838 g/mol. The molecule has 63 heavy (non-hydrogen) atoms. The van der Waals surface area contributed by atoms with Crippen LogP contribution in [0, 0.1) is 16.7 Å². The maximum atomic E-state index is 15.5. The summed E-state index contributed by atoms with van der Waals surface area (Å²) in [4.78, 5) is 83.6. The van der Waals surface area contributed by atoms with E-state index in [1.807, 2.05) is 0 Å². The van der Waals surface area contributed by atoms with E-state index in [-0.39, 0.29) is 40.9 Å². The zero-order chi connectivity index (χ0) is 45.8. The first-order valence-corrected chi connectivity index (χ1v) is 21.0. The topological polar surface area (TPSA) is 221 Å². The maximum Gasteiger partial charge on any atom is 0.338 e. The molecule has 1 aliphatic heterocycles. The zero-order valence-electron chi connectivity index (χ0n) is 35.5. The minimum atomic E-state index is -2.41. The molecule has 334 valence electrons. The maximum absolute atomic E-state index is 15.5. The summed E-state index contributed by atoms with van der Waals surface area (Å²) in [6.45, 7) is 7.92. The van der Waals surface area contributed by atoms with Gasteiger partial charge in [0.15, 0.2) is 23.6 Å². The minimum Gasteiger partial charge on any atom is -0.456 e. The van der Waals surface area contributed by atoms with E-state index in [0.29, 0.717) is 5.02 Å². The lowest BCUT2D eigenvalue weighted by Gasteiger charge is -2.67. The summed E-state index contributed by atoms with van der Waals surface area (Å²) in [7, 11) is 0. The third-order valence-corrected chi connectivity index (χ3v) is 13.8. The van der Waals surface area contributed by atoms with Gasteiger partial charge < -0.3 is 44.3 Å². The number of fused-ring (bicyclic) bond motifs is 5. The van der Waals surface area contributed by atoms with E-state index in [9.17, 15) is 39.3 Å². The number of amides is 1. The molecule has 0 aromatic heterocycles. The molecule has 2 saturated carbocycles. The first kappa shape index (κ1) is 45.6. The van der Waals surface area contributed by atoms with Gasteiger partial charge in [-0.3, -0.25) is 19.2 Å². The normalized spacial score (nSPS) is 31.6. The fraction of sp³-hybridized carbons (Fsp3) is 0.447. The number of carbonyl (C=O) groups excluding carboxylic acids is 6. The quantitative estimate of drug-likeness (QED) is 0.126. The van der Waals surface area contributed by atoms with Crippen LogP contribution in [0.15, 0.2) is 96.1 Å². The van der Waals surface area contributed by atoms with E-state index in [1.54, 1.807) is 62.4 Å². The summed E-state index contributed by atoms with van der Waals surface area (Å²) in [6, 6.07) is 20.6. The molecular formula is C47H50ClNO14. The summed E-state index contributed by atoms with van der Waals surface area (Å²) in [5, 5.41) is 40.6. The number of aliphatic hydroxyl groups excluding tert-OH is 2. The van der Waals surface area contributed by atoms with Crippen LogP contribution in [0.2, 0.25) is 5.02 Å².